The average Bonchev–Trinajstić information content (AvgIpc) is 2.40. The van der Waals surface area contributed by atoms with E-state index in [-0.39, 0.29) is 10.8 Å². The van der Waals surface area contributed by atoms with Crippen LogP contribution in [0.25, 0.3) is 0 Å². The lowest BCUT2D eigenvalue weighted by molar-refractivity contribution is 0.795. The van der Waals surface area contributed by atoms with Gasteiger partial charge in [0.2, 0.25) is 0 Å². The zero-order valence-electron chi connectivity index (χ0n) is 12.6. The fourth-order valence-electron chi connectivity index (χ4n) is 2.00. The largest absolute Gasteiger partial charge is 0.320 e. The topological polar surface area (TPSA) is 38.9 Å². The summed E-state index contributed by atoms with van der Waals surface area (Å²) in [5.74, 6) is 0. The Hall–Kier alpha value is -1.32. The molecule has 0 aliphatic rings. The number of hydrogen-bond donors (Lipinski definition) is 1. The molecule has 1 aromatic carbocycles. The molecule has 1 atom stereocenters. The van der Waals surface area contributed by atoms with Gasteiger partial charge in [-0.1, -0.05) is 51.1 Å². The van der Waals surface area contributed by atoms with E-state index in [9.17, 15) is 0 Å². The van der Waals surface area contributed by atoms with Gasteiger partial charge in [0.15, 0.2) is 0 Å². The van der Waals surface area contributed by atoms with Gasteiger partial charge in [0.1, 0.15) is 0 Å². The molecule has 0 aliphatic heterocycles. The van der Waals surface area contributed by atoms with E-state index in [4.69, 9.17) is 5.73 Å². The standard InChI is InChI=1S/C17H22N2S/c1-12-10-14(11-19-16(12)20-17(2,3)4)15(18)13-8-6-5-7-9-13/h5-11,15H,18H2,1-4H3. The van der Waals surface area contributed by atoms with Gasteiger partial charge in [0.25, 0.3) is 0 Å². The predicted molar refractivity (Wildman–Crippen MR) is 87.1 cm³/mol. The maximum Gasteiger partial charge on any atom is 0.0994 e. The second kappa shape index (κ2) is 5.98. The van der Waals surface area contributed by atoms with Gasteiger partial charge in [-0.15, -0.1) is 11.8 Å². The van der Waals surface area contributed by atoms with E-state index >= 15 is 0 Å². The quantitative estimate of drug-likeness (QED) is 0.854. The molecule has 20 heavy (non-hydrogen) atoms. The molecule has 2 N–H and O–H groups in total. The molecule has 0 amide bonds. The number of aryl methyl sites for hydroxylation is 1. The lowest BCUT2D eigenvalue weighted by Gasteiger charge is -2.19. The molecular formula is C17H22N2S. The summed E-state index contributed by atoms with van der Waals surface area (Å²) in [5, 5.41) is 1.08. The van der Waals surface area contributed by atoms with Crippen LogP contribution in [0.3, 0.4) is 0 Å². The van der Waals surface area contributed by atoms with Crippen molar-refractivity contribution in [3.63, 3.8) is 0 Å². The summed E-state index contributed by atoms with van der Waals surface area (Å²) in [6.45, 7) is 8.69. The Bertz CT molecular complexity index is 573. The van der Waals surface area contributed by atoms with Crippen molar-refractivity contribution in [1.82, 2.24) is 4.98 Å². The molecule has 0 aliphatic carbocycles. The van der Waals surface area contributed by atoms with Crippen LogP contribution in [0.15, 0.2) is 47.6 Å². The number of nitrogens with zero attached hydrogens (tertiary/aromatic N) is 1. The lowest BCUT2D eigenvalue weighted by atomic mass is 10.0. The monoisotopic (exact) mass is 286 g/mol. The van der Waals surface area contributed by atoms with Crippen molar-refractivity contribution < 1.29 is 0 Å². The normalized spacial score (nSPS) is 13.2. The number of rotatable bonds is 3. The Morgan fingerprint density at radius 2 is 1.75 bits per heavy atom. The minimum absolute atomic E-state index is 0.115. The van der Waals surface area contributed by atoms with Crippen LogP contribution in [-0.2, 0) is 0 Å². The first-order valence-corrected chi connectivity index (χ1v) is 7.64. The van der Waals surface area contributed by atoms with Crippen LogP contribution in [0, 0.1) is 6.92 Å². The number of thioether (sulfide) groups is 1. The summed E-state index contributed by atoms with van der Waals surface area (Å²) >= 11 is 1.79. The lowest BCUT2D eigenvalue weighted by Crippen LogP contribution is -2.13. The third-order valence-electron chi connectivity index (χ3n) is 2.97. The maximum atomic E-state index is 6.32. The molecule has 1 aromatic heterocycles. The Morgan fingerprint density at radius 3 is 2.30 bits per heavy atom. The van der Waals surface area contributed by atoms with Gasteiger partial charge in [-0.3, -0.25) is 0 Å². The highest BCUT2D eigenvalue weighted by Crippen LogP contribution is 2.33. The van der Waals surface area contributed by atoms with Crippen molar-refractivity contribution >= 4 is 11.8 Å². The molecule has 2 nitrogen and oxygen atoms in total. The highest BCUT2D eigenvalue weighted by molar-refractivity contribution is 8.00. The van der Waals surface area contributed by atoms with Crippen LogP contribution in [0.1, 0.15) is 43.5 Å². The number of nitrogens with two attached hydrogens (primary N) is 1. The first-order chi connectivity index (χ1) is 9.37. The Morgan fingerprint density at radius 1 is 1.10 bits per heavy atom. The van der Waals surface area contributed by atoms with E-state index in [1.165, 1.54) is 5.56 Å². The third kappa shape index (κ3) is 3.84. The fourth-order valence-corrected chi connectivity index (χ4v) is 2.91. The molecular weight excluding hydrogens is 264 g/mol. The van der Waals surface area contributed by atoms with E-state index in [1.807, 2.05) is 24.4 Å². The van der Waals surface area contributed by atoms with E-state index in [0.717, 1.165) is 16.2 Å². The second-order valence-corrected chi connectivity index (χ2v) is 7.81. The molecule has 2 rings (SSSR count). The number of hydrogen-bond acceptors (Lipinski definition) is 3. The van der Waals surface area contributed by atoms with Gasteiger partial charge in [-0.2, -0.15) is 0 Å². The van der Waals surface area contributed by atoms with Crippen LogP contribution in [0.5, 0.6) is 0 Å². The summed E-state index contributed by atoms with van der Waals surface area (Å²) < 4.78 is 0.167. The molecule has 0 bridgehead atoms. The minimum atomic E-state index is -0.115. The van der Waals surface area contributed by atoms with E-state index < -0.39 is 0 Å². The molecule has 0 saturated heterocycles. The minimum Gasteiger partial charge on any atom is -0.320 e. The smallest absolute Gasteiger partial charge is 0.0994 e. The maximum absolute atomic E-state index is 6.32. The predicted octanol–water partition coefficient (Wildman–Crippen LogP) is 4.33. The van der Waals surface area contributed by atoms with Crippen LogP contribution in [-0.4, -0.2) is 9.73 Å². The highest BCUT2D eigenvalue weighted by Gasteiger charge is 2.16. The van der Waals surface area contributed by atoms with Crippen molar-refractivity contribution in [2.24, 2.45) is 5.73 Å². The van der Waals surface area contributed by atoms with Crippen molar-refractivity contribution in [2.75, 3.05) is 0 Å². The van der Waals surface area contributed by atoms with Crippen LogP contribution in [0.4, 0.5) is 0 Å². The van der Waals surface area contributed by atoms with Crippen molar-refractivity contribution in [3.05, 3.63) is 59.3 Å². The van der Waals surface area contributed by atoms with Crippen LogP contribution in [0.2, 0.25) is 0 Å². The molecule has 1 heterocycles. The van der Waals surface area contributed by atoms with E-state index in [0.29, 0.717) is 0 Å². The molecule has 2 aromatic rings. The highest BCUT2D eigenvalue weighted by atomic mass is 32.2. The number of pyridine rings is 1. The average molecular weight is 286 g/mol. The third-order valence-corrected chi connectivity index (χ3v) is 4.21. The van der Waals surface area contributed by atoms with Gasteiger partial charge in [0, 0.05) is 10.9 Å². The van der Waals surface area contributed by atoms with Gasteiger partial charge in [-0.05, 0) is 29.7 Å². The first-order valence-electron chi connectivity index (χ1n) is 6.83. The summed E-state index contributed by atoms with van der Waals surface area (Å²) in [6, 6.07) is 12.2. The second-order valence-electron chi connectivity index (χ2n) is 5.99. The van der Waals surface area contributed by atoms with Crippen LogP contribution < -0.4 is 5.73 Å². The summed E-state index contributed by atoms with van der Waals surface area (Å²) in [5.41, 5.74) is 9.68. The zero-order valence-corrected chi connectivity index (χ0v) is 13.4. The van der Waals surface area contributed by atoms with Crippen LogP contribution >= 0.6 is 11.8 Å². The first kappa shape index (κ1) is 15.1. The molecule has 0 spiro atoms. The summed E-state index contributed by atoms with van der Waals surface area (Å²) in [7, 11) is 0. The van der Waals surface area contributed by atoms with Crippen molar-refractivity contribution in [2.45, 2.75) is 43.5 Å². The molecule has 1 unspecified atom stereocenters. The molecule has 106 valence electrons. The van der Waals surface area contributed by atoms with Gasteiger partial charge >= 0.3 is 0 Å². The van der Waals surface area contributed by atoms with Crippen molar-refractivity contribution in [1.29, 1.82) is 0 Å². The Kier molecular flexibility index (Phi) is 4.51. The molecule has 0 saturated carbocycles. The SMILES string of the molecule is Cc1cc(C(N)c2ccccc2)cnc1SC(C)(C)C. The number of aromatic nitrogens is 1. The fraction of sp³-hybridized carbons (Fsp3) is 0.353. The summed E-state index contributed by atoms with van der Waals surface area (Å²) in [4.78, 5) is 4.59. The van der Waals surface area contributed by atoms with Crippen molar-refractivity contribution in [3.8, 4) is 0 Å². The van der Waals surface area contributed by atoms with E-state index in [2.05, 4.69) is 50.9 Å². The summed E-state index contributed by atoms with van der Waals surface area (Å²) in [6.07, 6.45) is 1.90. The Balaban J connectivity index is 2.25. The number of benzene rings is 1. The van der Waals surface area contributed by atoms with Gasteiger partial charge in [0.05, 0.1) is 11.1 Å². The molecule has 0 fully saturated rings. The molecule has 0 radical (unpaired) electrons. The van der Waals surface area contributed by atoms with Gasteiger partial charge < -0.3 is 5.73 Å². The zero-order chi connectivity index (χ0) is 14.8. The van der Waals surface area contributed by atoms with Gasteiger partial charge in [-0.25, -0.2) is 4.98 Å². The van der Waals surface area contributed by atoms with E-state index in [1.54, 1.807) is 11.8 Å². The molecule has 3 heteroatoms. The Labute approximate surface area is 125 Å².